The standard InChI is InChI=1S/C18H19N5S/c1-18(2,3)24-16-10-13(7-8-20-16)12-21-17-14(11-19)23-9-5-4-6-15(23)22-17/h4-10,21H,12H2,1-3H3. The summed E-state index contributed by atoms with van der Waals surface area (Å²) in [6.45, 7) is 7.10. The molecule has 0 saturated carbocycles. The molecule has 24 heavy (non-hydrogen) atoms. The summed E-state index contributed by atoms with van der Waals surface area (Å²) in [7, 11) is 0. The summed E-state index contributed by atoms with van der Waals surface area (Å²) >= 11 is 1.74. The van der Waals surface area contributed by atoms with Crippen LogP contribution >= 0.6 is 11.8 Å². The molecule has 0 radical (unpaired) electrons. The zero-order chi connectivity index (χ0) is 17.2. The van der Waals surface area contributed by atoms with Crippen LogP contribution < -0.4 is 5.32 Å². The average Bonchev–Trinajstić information content (AvgIpc) is 2.89. The van der Waals surface area contributed by atoms with Crippen molar-refractivity contribution < 1.29 is 0 Å². The Labute approximate surface area is 145 Å². The molecule has 3 aromatic rings. The number of thioether (sulfide) groups is 1. The van der Waals surface area contributed by atoms with E-state index in [4.69, 9.17) is 0 Å². The van der Waals surface area contributed by atoms with Gasteiger partial charge in [-0.2, -0.15) is 5.26 Å². The predicted molar refractivity (Wildman–Crippen MR) is 97.1 cm³/mol. The molecule has 0 fully saturated rings. The van der Waals surface area contributed by atoms with Gasteiger partial charge in [0, 0.05) is 23.7 Å². The van der Waals surface area contributed by atoms with Crippen LogP contribution in [0.15, 0.2) is 47.8 Å². The molecule has 0 aliphatic rings. The van der Waals surface area contributed by atoms with Gasteiger partial charge < -0.3 is 5.32 Å². The molecule has 3 rings (SSSR count). The first-order valence-corrected chi connectivity index (χ1v) is 8.53. The van der Waals surface area contributed by atoms with Crippen LogP contribution in [0.4, 0.5) is 5.82 Å². The monoisotopic (exact) mass is 337 g/mol. The summed E-state index contributed by atoms with van der Waals surface area (Å²) in [6.07, 6.45) is 3.66. The van der Waals surface area contributed by atoms with Gasteiger partial charge in [-0.1, -0.05) is 26.8 Å². The molecule has 0 aromatic carbocycles. The highest BCUT2D eigenvalue weighted by molar-refractivity contribution is 8.00. The number of nitriles is 1. The summed E-state index contributed by atoms with van der Waals surface area (Å²) in [6, 6.07) is 11.9. The van der Waals surface area contributed by atoms with E-state index in [0.29, 0.717) is 18.1 Å². The van der Waals surface area contributed by atoms with Gasteiger partial charge in [0.2, 0.25) is 0 Å². The second-order valence-corrected chi connectivity index (χ2v) is 8.27. The van der Waals surface area contributed by atoms with Gasteiger partial charge in [0.1, 0.15) is 11.7 Å². The molecule has 0 amide bonds. The van der Waals surface area contributed by atoms with E-state index in [1.165, 1.54) is 0 Å². The van der Waals surface area contributed by atoms with Crippen LogP contribution in [0.2, 0.25) is 0 Å². The minimum absolute atomic E-state index is 0.120. The maximum atomic E-state index is 9.41. The Morgan fingerprint density at radius 1 is 1.29 bits per heavy atom. The van der Waals surface area contributed by atoms with Crippen molar-refractivity contribution in [3.05, 3.63) is 54.0 Å². The van der Waals surface area contributed by atoms with E-state index in [9.17, 15) is 5.26 Å². The maximum absolute atomic E-state index is 9.41. The summed E-state index contributed by atoms with van der Waals surface area (Å²) < 4.78 is 1.91. The molecule has 3 aromatic heterocycles. The Hall–Kier alpha value is -2.52. The SMILES string of the molecule is CC(C)(C)Sc1cc(CNc2nc3ccccn3c2C#N)ccn1. The minimum Gasteiger partial charge on any atom is -0.364 e. The number of nitrogens with one attached hydrogen (secondary N) is 1. The highest BCUT2D eigenvalue weighted by Crippen LogP contribution is 2.30. The smallest absolute Gasteiger partial charge is 0.168 e. The normalized spacial score (nSPS) is 11.4. The lowest BCUT2D eigenvalue weighted by atomic mass is 10.2. The predicted octanol–water partition coefficient (Wildman–Crippen LogP) is 4.10. The van der Waals surface area contributed by atoms with Crippen LogP contribution in [-0.4, -0.2) is 19.1 Å². The van der Waals surface area contributed by atoms with E-state index in [0.717, 1.165) is 16.2 Å². The highest BCUT2D eigenvalue weighted by Gasteiger charge is 2.14. The number of imidazole rings is 1. The van der Waals surface area contributed by atoms with Crippen molar-refractivity contribution in [1.82, 2.24) is 14.4 Å². The van der Waals surface area contributed by atoms with Crippen molar-refractivity contribution in [3.63, 3.8) is 0 Å². The van der Waals surface area contributed by atoms with E-state index < -0.39 is 0 Å². The second kappa shape index (κ2) is 6.54. The Bertz CT molecular complexity index is 902. The van der Waals surface area contributed by atoms with Gasteiger partial charge in [0.25, 0.3) is 0 Å². The molecule has 5 nitrogen and oxygen atoms in total. The number of pyridine rings is 2. The lowest BCUT2D eigenvalue weighted by Gasteiger charge is -2.17. The molecule has 0 spiro atoms. The minimum atomic E-state index is 0.120. The number of fused-ring (bicyclic) bond motifs is 1. The third kappa shape index (κ3) is 3.69. The van der Waals surface area contributed by atoms with Crippen LogP contribution in [0.3, 0.4) is 0 Å². The van der Waals surface area contributed by atoms with Gasteiger partial charge in [-0.3, -0.25) is 4.40 Å². The number of anilines is 1. The third-order valence-electron chi connectivity index (χ3n) is 3.31. The maximum Gasteiger partial charge on any atom is 0.168 e. The van der Waals surface area contributed by atoms with Crippen molar-refractivity contribution in [2.24, 2.45) is 0 Å². The van der Waals surface area contributed by atoms with Crippen LogP contribution in [0.5, 0.6) is 0 Å². The van der Waals surface area contributed by atoms with Crippen LogP contribution in [0, 0.1) is 11.3 Å². The van der Waals surface area contributed by atoms with Crippen molar-refractivity contribution in [3.8, 4) is 6.07 Å². The van der Waals surface area contributed by atoms with Crippen molar-refractivity contribution in [1.29, 1.82) is 5.26 Å². The molecule has 6 heteroatoms. The number of rotatable bonds is 4. The summed E-state index contributed by atoms with van der Waals surface area (Å²) in [5.74, 6) is 0.602. The first-order valence-electron chi connectivity index (χ1n) is 7.71. The second-order valence-electron chi connectivity index (χ2n) is 6.42. The molecule has 0 bridgehead atoms. The topological polar surface area (TPSA) is 66.0 Å². The quantitative estimate of drug-likeness (QED) is 0.726. The molecule has 0 atom stereocenters. The highest BCUT2D eigenvalue weighted by atomic mass is 32.2. The van der Waals surface area contributed by atoms with Gasteiger partial charge in [-0.05, 0) is 29.8 Å². The Morgan fingerprint density at radius 2 is 2.12 bits per heavy atom. The summed E-state index contributed by atoms with van der Waals surface area (Å²) in [4.78, 5) is 8.90. The van der Waals surface area contributed by atoms with E-state index in [2.05, 4.69) is 48.2 Å². The molecule has 1 N–H and O–H groups in total. The fourth-order valence-electron chi connectivity index (χ4n) is 2.34. The van der Waals surface area contributed by atoms with Crippen molar-refractivity contribution in [2.75, 3.05) is 5.32 Å². The lowest BCUT2D eigenvalue weighted by molar-refractivity contribution is 0.799. The molecule has 122 valence electrons. The zero-order valence-electron chi connectivity index (χ0n) is 13.9. The average molecular weight is 337 g/mol. The number of aromatic nitrogens is 3. The van der Waals surface area contributed by atoms with Crippen LogP contribution in [-0.2, 0) is 6.54 Å². The van der Waals surface area contributed by atoms with Crippen LogP contribution in [0.25, 0.3) is 5.65 Å². The van der Waals surface area contributed by atoms with Gasteiger partial charge >= 0.3 is 0 Å². The van der Waals surface area contributed by atoms with E-state index in [1.54, 1.807) is 16.2 Å². The number of hydrogen-bond acceptors (Lipinski definition) is 5. The molecular formula is C18H19N5S. The molecule has 0 saturated heterocycles. The Balaban J connectivity index is 1.79. The van der Waals surface area contributed by atoms with Gasteiger partial charge in [0.15, 0.2) is 11.5 Å². The first kappa shape index (κ1) is 16.3. The molecule has 3 heterocycles. The van der Waals surface area contributed by atoms with Gasteiger partial charge in [-0.25, -0.2) is 9.97 Å². The van der Waals surface area contributed by atoms with Gasteiger partial charge in [-0.15, -0.1) is 11.8 Å². The molecule has 0 aliphatic heterocycles. The molecule has 0 aliphatic carbocycles. The Kier molecular flexibility index (Phi) is 4.45. The summed E-state index contributed by atoms with van der Waals surface area (Å²) in [5, 5.41) is 13.7. The Morgan fingerprint density at radius 3 is 2.88 bits per heavy atom. The third-order valence-corrected chi connectivity index (χ3v) is 4.35. The van der Waals surface area contributed by atoms with E-state index in [1.807, 2.05) is 36.7 Å². The van der Waals surface area contributed by atoms with E-state index >= 15 is 0 Å². The summed E-state index contributed by atoms with van der Waals surface area (Å²) in [5.41, 5.74) is 2.39. The van der Waals surface area contributed by atoms with Crippen LogP contribution in [0.1, 0.15) is 32.0 Å². The fraction of sp³-hybridized carbons (Fsp3) is 0.278. The van der Waals surface area contributed by atoms with E-state index in [-0.39, 0.29) is 4.75 Å². The molecule has 0 unspecified atom stereocenters. The molecular weight excluding hydrogens is 318 g/mol. The first-order chi connectivity index (χ1) is 11.5. The van der Waals surface area contributed by atoms with Gasteiger partial charge in [0.05, 0.1) is 5.03 Å². The largest absolute Gasteiger partial charge is 0.364 e. The van der Waals surface area contributed by atoms with Crippen molar-refractivity contribution >= 4 is 23.2 Å². The lowest BCUT2D eigenvalue weighted by Crippen LogP contribution is -2.08. The number of nitrogens with zero attached hydrogens (tertiary/aromatic N) is 4. The van der Waals surface area contributed by atoms with Crippen molar-refractivity contribution in [2.45, 2.75) is 37.1 Å². The number of hydrogen-bond donors (Lipinski definition) is 1. The zero-order valence-corrected chi connectivity index (χ0v) is 14.8. The fourth-order valence-corrected chi connectivity index (χ4v) is 3.29.